The molecule has 0 aliphatic rings. The molecule has 0 N–H and O–H groups in total. The van der Waals surface area contributed by atoms with E-state index in [2.05, 4.69) is 0 Å². The van der Waals surface area contributed by atoms with Crippen LogP contribution in [0.2, 0.25) is 0 Å². The van der Waals surface area contributed by atoms with Gasteiger partial charge in [0.05, 0.1) is 0 Å². The van der Waals surface area contributed by atoms with Gasteiger partial charge in [0, 0.05) is 23.9 Å². The van der Waals surface area contributed by atoms with Crippen molar-refractivity contribution in [3.05, 3.63) is 0 Å². The van der Waals surface area contributed by atoms with E-state index in [4.69, 9.17) is 0 Å². The summed E-state index contributed by atoms with van der Waals surface area (Å²) < 4.78 is 0. The van der Waals surface area contributed by atoms with Crippen molar-refractivity contribution >= 4 is 23.9 Å². The smallest absolute Gasteiger partial charge is 0 e. The molecule has 0 unspecified atom stereocenters. The second-order valence-corrected chi connectivity index (χ2v) is 0. The van der Waals surface area contributed by atoms with Crippen molar-refractivity contribution in [2.45, 2.75) is 55.4 Å². The molecule has 0 fully saturated rings. The van der Waals surface area contributed by atoms with Gasteiger partial charge in [0.15, 0.2) is 0 Å². The van der Waals surface area contributed by atoms with Crippen molar-refractivity contribution in [2.24, 2.45) is 0 Å². The van der Waals surface area contributed by atoms with Crippen molar-refractivity contribution in [3.63, 3.8) is 0 Å². The largest absolute Gasteiger partial charge is 0.0683 e. The molecular weight excluding hydrogens is 215 g/mol. The Kier molecular flexibility index (Phi) is 3070. The number of rotatable bonds is 0. The van der Waals surface area contributed by atoms with Crippen LogP contribution in [-0.4, -0.2) is 23.9 Å². The van der Waals surface area contributed by atoms with Gasteiger partial charge in [-0.25, -0.2) is 0 Å². The molecule has 60 valence electrons. The van der Waals surface area contributed by atoms with Crippen molar-refractivity contribution < 1.29 is 0 Å². The minimum absolute atomic E-state index is 0. The van der Waals surface area contributed by atoms with Crippen LogP contribution in [0.3, 0.4) is 0 Å². The van der Waals surface area contributed by atoms with Crippen molar-refractivity contribution in [3.8, 4) is 0 Å². The second-order valence-electron chi connectivity index (χ2n) is 0. The van der Waals surface area contributed by atoms with Crippen LogP contribution in [0.1, 0.15) is 55.4 Å². The van der Waals surface area contributed by atoms with Gasteiger partial charge in [-0.3, -0.25) is 0 Å². The third-order valence-electron chi connectivity index (χ3n) is 0. The molecule has 0 aliphatic heterocycles. The molecule has 4 radical (unpaired) electrons. The summed E-state index contributed by atoms with van der Waals surface area (Å²) in [5.41, 5.74) is 0. The molecule has 0 saturated heterocycles. The topological polar surface area (TPSA) is 0 Å². The van der Waals surface area contributed by atoms with E-state index in [0.717, 1.165) is 0 Å². The van der Waals surface area contributed by atoms with Crippen LogP contribution in [0.5, 0.6) is 0 Å². The SMILES string of the molecule is CC.CC.CC.CC.[Sn]. The first-order chi connectivity index (χ1) is 4.00. The summed E-state index contributed by atoms with van der Waals surface area (Å²) in [6.07, 6.45) is 0. The molecule has 0 rings (SSSR count). The van der Waals surface area contributed by atoms with E-state index in [9.17, 15) is 0 Å². The monoisotopic (exact) mass is 240 g/mol. The van der Waals surface area contributed by atoms with Crippen molar-refractivity contribution in [1.82, 2.24) is 0 Å². The summed E-state index contributed by atoms with van der Waals surface area (Å²) in [4.78, 5) is 0. The van der Waals surface area contributed by atoms with Crippen LogP contribution in [0.4, 0.5) is 0 Å². The predicted molar refractivity (Wildman–Crippen MR) is 51.1 cm³/mol. The van der Waals surface area contributed by atoms with Gasteiger partial charge in [-0.05, 0) is 0 Å². The van der Waals surface area contributed by atoms with E-state index in [1.165, 1.54) is 0 Å². The quantitative estimate of drug-likeness (QED) is 0.565. The Morgan fingerprint density at radius 3 is 0.333 bits per heavy atom. The average molecular weight is 239 g/mol. The molecule has 0 bridgehead atoms. The number of hydrogen-bond acceptors (Lipinski definition) is 0. The number of hydrogen-bond donors (Lipinski definition) is 0. The van der Waals surface area contributed by atoms with Gasteiger partial charge in [0.1, 0.15) is 0 Å². The Bertz CT molecular complexity index is 4.53. The molecule has 0 heterocycles. The molecule has 9 heavy (non-hydrogen) atoms. The van der Waals surface area contributed by atoms with Crippen molar-refractivity contribution in [2.75, 3.05) is 0 Å². The Morgan fingerprint density at radius 1 is 0.333 bits per heavy atom. The molecule has 0 nitrogen and oxygen atoms in total. The molecule has 0 aromatic heterocycles. The van der Waals surface area contributed by atoms with Gasteiger partial charge in [0.2, 0.25) is 0 Å². The van der Waals surface area contributed by atoms with Crippen LogP contribution in [0, 0.1) is 0 Å². The maximum atomic E-state index is 2.00. The summed E-state index contributed by atoms with van der Waals surface area (Å²) in [6.45, 7) is 16.0. The van der Waals surface area contributed by atoms with Crippen LogP contribution in [0.25, 0.3) is 0 Å². The van der Waals surface area contributed by atoms with Crippen LogP contribution < -0.4 is 0 Å². The van der Waals surface area contributed by atoms with E-state index in [1.807, 2.05) is 55.4 Å². The van der Waals surface area contributed by atoms with Crippen LogP contribution >= 0.6 is 0 Å². The molecular formula is C8H24Sn. The zero-order valence-electron chi connectivity index (χ0n) is 8.50. The Hall–Kier alpha value is 0.799. The fourth-order valence-electron chi connectivity index (χ4n) is 0. The molecule has 1 heteroatoms. The first-order valence-electron chi connectivity index (χ1n) is 4.00. The molecule has 0 saturated carbocycles. The van der Waals surface area contributed by atoms with E-state index in [-0.39, 0.29) is 23.9 Å². The average Bonchev–Trinajstić information content (AvgIpc) is 2.03. The molecule has 0 aromatic carbocycles. The summed E-state index contributed by atoms with van der Waals surface area (Å²) in [5, 5.41) is 0. The zero-order valence-corrected chi connectivity index (χ0v) is 11.4. The molecule has 0 aromatic rings. The Morgan fingerprint density at radius 2 is 0.333 bits per heavy atom. The fraction of sp³-hybridized carbons (Fsp3) is 1.00. The maximum Gasteiger partial charge on any atom is 0 e. The standard InChI is InChI=1S/4C2H6.Sn/c4*1-2;/h4*1-2H3;. The van der Waals surface area contributed by atoms with E-state index in [1.54, 1.807) is 0 Å². The molecule has 0 amide bonds. The van der Waals surface area contributed by atoms with E-state index >= 15 is 0 Å². The summed E-state index contributed by atoms with van der Waals surface area (Å²) in [6, 6.07) is 0. The molecule has 0 spiro atoms. The summed E-state index contributed by atoms with van der Waals surface area (Å²) in [5.74, 6) is 0. The van der Waals surface area contributed by atoms with Crippen LogP contribution in [-0.2, 0) is 0 Å². The third kappa shape index (κ3) is 638. The third-order valence-corrected chi connectivity index (χ3v) is 0. The van der Waals surface area contributed by atoms with Gasteiger partial charge in [-0.2, -0.15) is 0 Å². The normalized spacial score (nSPS) is 2.67. The first-order valence-corrected chi connectivity index (χ1v) is 4.00. The Balaban J connectivity index is -0.00000000762. The van der Waals surface area contributed by atoms with Crippen LogP contribution in [0.15, 0.2) is 0 Å². The fourth-order valence-corrected chi connectivity index (χ4v) is 0. The van der Waals surface area contributed by atoms with E-state index < -0.39 is 0 Å². The minimum atomic E-state index is 0. The van der Waals surface area contributed by atoms with Gasteiger partial charge in [0.25, 0.3) is 0 Å². The molecule has 0 atom stereocenters. The zero-order chi connectivity index (χ0) is 8.00. The summed E-state index contributed by atoms with van der Waals surface area (Å²) in [7, 11) is 0. The second kappa shape index (κ2) is 839. The predicted octanol–water partition coefficient (Wildman–Crippen LogP) is 3.72. The maximum absolute atomic E-state index is 2.00. The summed E-state index contributed by atoms with van der Waals surface area (Å²) >= 11 is 0. The Labute approximate surface area is 79.4 Å². The van der Waals surface area contributed by atoms with Gasteiger partial charge >= 0.3 is 0 Å². The molecule has 0 aliphatic carbocycles. The van der Waals surface area contributed by atoms with Gasteiger partial charge < -0.3 is 0 Å². The first kappa shape index (κ1) is 32.9. The minimum Gasteiger partial charge on any atom is -0.0683 e. The van der Waals surface area contributed by atoms with Gasteiger partial charge in [-0.15, -0.1) is 0 Å². The van der Waals surface area contributed by atoms with Crippen molar-refractivity contribution in [1.29, 1.82) is 0 Å². The van der Waals surface area contributed by atoms with E-state index in [0.29, 0.717) is 0 Å². The van der Waals surface area contributed by atoms with Gasteiger partial charge in [-0.1, -0.05) is 55.4 Å².